The Morgan fingerprint density at radius 3 is 2.33 bits per heavy atom. The third-order valence-electron chi connectivity index (χ3n) is 2.74. The molecular formula is C13H29NO. The van der Waals surface area contributed by atoms with Gasteiger partial charge in [0.05, 0.1) is 6.61 Å². The molecule has 0 aromatic heterocycles. The molecule has 1 unspecified atom stereocenters. The summed E-state index contributed by atoms with van der Waals surface area (Å²) < 4.78 is 5.26. The molecule has 0 aliphatic rings. The molecule has 0 rings (SSSR count). The minimum absolute atomic E-state index is 0.242. The van der Waals surface area contributed by atoms with E-state index in [9.17, 15) is 0 Å². The lowest BCUT2D eigenvalue weighted by molar-refractivity contribution is 0.142. The van der Waals surface area contributed by atoms with E-state index in [-0.39, 0.29) is 5.54 Å². The zero-order valence-electron chi connectivity index (χ0n) is 11.2. The van der Waals surface area contributed by atoms with Crippen molar-refractivity contribution >= 4 is 0 Å². The van der Waals surface area contributed by atoms with Gasteiger partial charge in [-0.2, -0.15) is 0 Å². The summed E-state index contributed by atoms with van der Waals surface area (Å²) in [6, 6.07) is 0.511. The third kappa shape index (κ3) is 7.80. The molecule has 0 aliphatic heterocycles. The number of hydrogen-bond acceptors (Lipinski definition) is 2. The normalized spacial score (nSPS) is 14.2. The predicted molar refractivity (Wildman–Crippen MR) is 67.3 cm³/mol. The van der Waals surface area contributed by atoms with Crippen LogP contribution < -0.4 is 5.32 Å². The Morgan fingerprint density at radius 1 is 1.20 bits per heavy atom. The first-order valence-electron chi connectivity index (χ1n) is 6.32. The van der Waals surface area contributed by atoms with E-state index in [1.165, 1.54) is 32.1 Å². The molecule has 0 amide bonds. The van der Waals surface area contributed by atoms with Crippen LogP contribution in [0.25, 0.3) is 0 Å². The van der Waals surface area contributed by atoms with Crippen LogP contribution in [0.5, 0.6) is 0 Å². The van der Waals surface area contributed by atoms with E-state index in [0.717, 1.165) is 6.61 Å². The standard InChI is InChI=1S/C13H29NO/c1-6-8-9-12(11-15-5)14-13(3,4)10-7-2/h12,14H,6-11H2,1-5H3. The van der Waals surface area contributed by atoms with Crippen molar-refractivity contribution < 1.29 is 4.74 Å². The molecule has 15 heavy (non-hydrogen) atoms. The Hall–Kier alpha value is -0.0800. The summed E-state index contributed by atoms with van der Waals surface area (Å²) in [7, 11) is 1.79. The summed E-state index contributed by atoms with van der Waals surface area (Å²) >= 11 is 0. The maximum atomic E-state index is 5.26. The SMILES string of the molecule is CCCCC(COC)NC(C)(C)CCC. The Balaban J connectivity index is 4.01. The van der Waals surface area contributed by atoms with Gasteiger partial charge in [-0.25, -0.2) is 0 Å². The van der Waals surface area contributed by atoms with E-state index in [0.29, 0.717) is 6.04 Å². The lowest BCUT2D eigenvalue weighted by atomic mass is 9.96. The minimum atomic E-state index is 0.242. The molecule has 0 fully saturated rings. The van der Waals surface area contributed by atoms with Crippen LogP contribution in [-0.2, 0) is 4.74 Å². The van der Waals surface area contributed by atoms with E-state index in [1.54, 1.807) is 7.11 Å². The number of rotatable bonds is 9. The molecule has 0 heterocycles. The van der Waals surface area contributed by atoms with Crippen LogP contribution in [0.3, 0.4) is 0 Å². The molecule has 0 bridgehead atoms. The summed E-state index contributed by atoms with van der Waals surface area (Å²) in [5.74, 6) is 0. The van der Waals surface area contributed by atoms with E-state index in [1.807, 2.05) is 0 Å². The van der Waals surface area contributed by atoms with Gasteiger partial charge >= 0.3 is 0 Å². The summed E-state index contributed by atoms with van der Waals surface area (Å²) in [5, 5.41) is 3.70. The summed E-state index contributed by atoms with van der Waals surface area (Å²) in [4.78, 5) is 0. The van der Waals surface area contributed by atoms with Gasteiger partial charge in [0.15, 0.2) is 0 Å². The fourth-order valence-electron chi connectivity index (χ4n) is 2.10. The molecule has 0 aromatic rings. The second kappa shape index (κ2) is 8.12. The molecule has 0 saturated heterocycles. The van der Waals surface area contributed by atoms with Crippen LogP contribution in [-0.4, -0.2) is 25.3 Å². The number of unbranched alkanes of at least 4 members (excludes halogenated alkanes) is 1. The zero-order chi connectivity index (χ0) is 11.7. The Kier molecular flexibility index (Phi) is 8.07. The van der Waals surface area contributed by atoms with Crippen molar-refractivity contribution in [3.8, 4) is 0 Å². The Labute approximate surface area is 95.8 Å². The quantitative estimate of drug-likeness (QED) is 0.637. The van der Waals surface area contributed by atoms with Crippen molar-refractivity contribution in [2.24, 2.45) is 0 Å². The van der Waals surface area contributed by atoms with Gasteiger partial charge in [-0.15, -0.1) is 0 Å². The lowest BCUT2D eigenvalue weighted by Crippen LogP contribution is -2.47. The first-order chi connectivity index (χ1) is 7.05. The van der Waals surface area contributed by atoms with Gasteiger partial charge in [0.25, 0.3) is 0 Å². The van der Waals surface area contributed by atoms with Crippen molar-refractivity contribution in [2.75, 3.05) is 13.7 Å². The van der Waals surface area contributed by atoms with Crippen molar-refractivity contribution in [3.63, 3.8) is 0 Å². The van der Waals surface area contributed by atoms with Gasteiger partial charge in [-0.3, -0.25) is 0 Å². The van der Waals surface area contributed by atoms with Crippen molar-refractivity contribution in [1.82, 2.24) is 5.32 Å². The first kappa shape index (κ1) is 14.9. The largest absolute Gasteiger partial charge is 0.383 e. The highest BCUT2D eigenvalue weighted by Gasteiger charge is 2.20. The number of methoxy groups -OCH3 is 1. The highest BCUT2D eigenvalue weighted by atomic mass is 16.5. The average molecular weight is 215 g/mol. The molecule has 92 valence electrons. The fourth-order valence-corrected chi connectivity index (χ4v) is 2.10. The Bertz CT molecular complexity index is 145. The minimum Gasteiger partial charge on any atom is -0.383 e. The molecular weight excluding hydrogens is 186 g/mol. The molecule has 1 atom stereocenters. The smallest absolute Gasteiger partial charge is 0.0616 e. The van der Waals surface area contributed by atoms with Gasteiger partial charge in [0.1, 0.15) is 0 Å². The molecule has 2 heteroatoms. The van der Waals surface area contributed by atoms with E-state index in [4.69, 9.17) is 4.74 Å². The molecule has 2 nitrogen and oxygen atoms in total. The summed E-state index contributed by atoms with van der Waals surface area (Å²) in [6.45, 7) is 9.87. The number of nitrogens with one attached hydrogen (secondary N) is 1. The maximum absolute atomic E-state index is 5.26. The van der Waals surface area contributed by atoms with Crippen LogP contribution in [0.1, 0.15) is 59.8 Å². The van der Waals surface area contributed by atoms with Crippen molar-refractivity contribution in [1.29, 1.82) is 0 Å². The molecule has 0 aliphatic carbocycles. The van der Waals surface area contributed by atoms with E-state index < -0.39 is 0 Å². The van der Waals surface area contributed by atoms with Crippen LogP contribution in [0.4, 0.5) is 0 Å². The second-order valence-electron chi connectivity index (χ2n) is 5.07. The second-order valence-corrected chi connectivity index (χ2v) is 5.07. The van der Waals surface area contributed by atoms with Gasteiger partial charge in [-0.1, -0.05) is 33.1 Å². The van der Waals surface area contributed by atoms with Crippen LogP contribution in [0, 0.1) is 0 Å². The lowest BCUT2D eigenvalue weighted by Gasteiger charge is -2.31. The third-order valence-corrected chi connectivity index (χ3v) is 2.74. The van der Waals surface area contributed by atoms with Crippen LogP contribution in [0.2, 0.25) is 0 Å². The van der Waals surface area contributed by atoms with E-state index >= 15 is 0 Å². The average Bonchev–Trinajstić information content (AvgIpc) is 2.14. The van der Waals surface area contributed by atoms with Crippen LogP contribution >= 0.6 is 0 Å². The molecule has 1 N–H and O–H groups in total. The monoisotopic (exact) mass is 215 g/mol. The van der Waals surface area contributed by atoms with Crippen LogP contribution in [0.15, 0.2) is 0 Å². The van der Waals surface area contributed by atoms with Crippen molar-refractivity contribution in [2.45, 2.75) is 71.4 Å². The summed E-state index contributed by atoms with van der Waals surface area (Å²) in [5.41, 5.74) is 0.242. The molecule has 0 spiro atoms. The van der Waals surface area contributed by atoms with Crippen molar-refractivity contribution in [3.05, 3.63) is 0 Å². The summed E-state index contributed by atoms with van der Waals surface area (Å²) in [6.07, 6.45) is 6.21. The van der Waals surface area contributed by atoms with Gasteiger partial charge in [0.2, 0.25) is 0 Å². The highest BCUT2D eigenvalue weighted by Crippen LogP contribution is 2.14. The molecule has 0 radical (unpaired) electrons. The van der Waals surface area contributed by atoms with Gasteiger partial charge in [-0.05, 0) is 26.7 Å². The predicted octanol–water partition coefficient (Wildman–Crippen LogP) is 3.36. The topological polar surface area (TPSA) is 21.3 Å². The first-order valence-corrected chi connectivity index (χ1v) is 6.32. The van der Waals surface area contributed by atoms with Gasteiger partial charge in [0, 0.05) is 18.7 Å². The number of hydrogen-bond donors (Lipinski definition) is 1. The molecule has 0 aromatic carbocycles. The zero-order valence-corrected chi connectivity index (χ0v) is 11.2. The van der Waals surface area contributed by atoms with E-state index in [2.05, 4.69) is 33.0 Å². The highest BCUT2D eigenvalue weighted by molar-refractivity contribution is 4.81. The maximum Gasteiger partial charge on any atom is 0.0616 e. The molecule has 0 saturated carbocycles. The Morgan fingerprint density at radius 2 is 1.87 bits per heavy atom. The number of ether oxygens (including phenoxy) is 1. The fraction of sp³-hybridized carbons (Fsp3) is 1.00. The van der Waals surface area contributed by atoms with Gasteiger partial charge < -0.3 is 10.1 Å².